The van der Waals surface area contributed by atoms with E-state index in [2.05, 4.69) is 20.9 Å². The van der Waals surface area contributed by atoms with Crippen LogP contribution in [0.1, 0.15) is 17.8 Å². The van der Waals surface area contributed by atoms with E-state index < -0.39 is 12.1 Å². The Hall–Kier alpha value is -0.750. The second-order valence-corrected chi connectivity index (χ2v) is 3.18. The van der Waals surface area contributed by atoms with Crippen molar-refractivity contribution < 1.29 is 13.9 Å². The molecule has 13 heavy (non-hydrogen) atoms. The third-order valence-corrected chi connectivity index (χ3v) is 2.09. The molecule has 72 valence electrons. The smallest absolute Gasteiger partial charge is 0.281 e. The number of hydrogen-bond acceptors (Lipinski definition) is 3. The van der Waals surface area contributed by atoms with Crippen molar-refractivity contribution in [2.75, 3.05) is 0 Å². The van der Waals surface area contributed by atoms with E-state index in [1.165, 1.54) is 0 Å². The van der Waals surface area contributed by atoms with Crippen molar-refractivity contribution in [3.05, 3.63) is 21.9 Å². The monoisotopic (exact) mass is 252 g/mol. The van der Waals surface area contributed by atoms with Gasteiger partial charge in [-0.2, -0.15) is 0 Å². The van der Waals surface area contributed by atoms with Gasteiger partial charge in [-0.1, -0.05) is 0 Å². The molecule has 1 heterocycles. The van der Waals surface area contributed by atoms with Crippen molar-refractivity contribution in [1.29, 1.82) is 0 Å². The fraction of sp³-hybridized carbons (Fsp3) is 0.286. The summed E-state index contributed by atoms with van der Waals surface area (Å²) < 4.78 is 24.6. The molecule has 1 rings (SSSR count). The summed E-state index contributed by atoms with van der Waals surface area (Å²) in [6, 6.07) is 1.16. The van der Waals surface area contributed by atoms with E-state index >= 15 is 0 Å². The molecule has 6 heteroatoms. The highest BCUT2D eigenvalue weighted by molar-refractivity contribution is 9.10. The van der Waals surface area contributed by atoms with Crippen LogP contribution in [0.4, 0.5) is 8.78 Å². The molecule has 0 bridgehead atoms. The van der Waals surface area contributed by atoms with E-state index in [0.717, 1.165) is 6.07 Å². The zero-order chi connectivity index (χ0) is 10.0. The number of alkyl halides is 2. The van der Waals surface area contributed by atoms with Crippen LogP contribution in [0, 0.1) is 0 Å². The van der Waals surface area contributed by atoms with Crippen LogP contribution < -0.4 is 5.73 Å². The van der Waals surface area contributed by atoms with Crippen LogP contribution in [0.25, 0.3) is 0 Å². The summed E-state index contributed by atoms with van der Waals surface area (Å²) >= 11 is 2.87. The number of halogens is 3. The lowest BCUT2D eigenvalue weighted by molar-refractivity contribution is 0.144. The normalized spacial score (nSPS) is 10.8. The maximum absolute atomic E-state index is 12.3. The number of pyridine rings is 1. The first-order chi connectivity index (χ1) is 6.06. The van der Waals surface area contributed by atoms with Gasteiger partial charge < -0.3 is 10.8 Å². The van der Waals surface area contributed by atoms with Gasteiger partial charge in [-0.25, -0.2) is 13.8 Å². The Labute approximate surface area is 81.7 Å². The Morgan fingerprint density at radius 3 is 2.69 bits per heavy atom. The first-order valence-electron chi connectivity index (χ1n) is 3.42. The molecule has 0 aliphatic carbocycles. The highest BCUT2D eigenvalue weighted by Gasteiger charge is 2.16. The van der Waals surface area contributed by atoms with Gasteiger partial charge in [0.25, 0.3) is 6.43 Å². The molecule has 0 fully saturated rings. The van der Waals surface area contributed by atoms with Crippen LogP contribution in [0.2, 0.25) is 0 Å². The second kappa shape index (κ2) is 3.97. The lowest BCUT2D eigenvalue weighted by atomic mass is 10.3. The van der Waals surface area contributed by atoms with Gasteiger partial charge in [0.15, 0.2) is 0 Å². The largest absolute Gasteiger partial charge is 0.506 e. The Balaban J connectivity index is 3.22. The summed E-state index contributed by atoms with van der Waals surface area (Å²) in [4.78, 5) is 3.52. The lowest BCUT2D eigenvalue weighted by Gasteiger charge is -2.06. The SMILES string of the molecule is NCc1nc(C(F)F)c(Br)cc1O. The third kappa shape index (κ3) is 2.13. The first-order valence-corrected chi connectivity index (χ1v) is 4.22. The Morgan fingerprint density at radius 1 is 1.62 bits per heavy atom. The number of aromatic hydroxyl groups is 1. The predicted octanol–water partition coefficient (Wildman–Crippen LogP) is 1.95. The quantitative estimate of drug-likeness (QED) is 0.846. The predicted molar refractivity (Wildman–Crippen MR) is 46.5 cm³/mol. The van der Waals surface area contributed by atoms with Crippen LogP contribution in [0.5, 0.6) is 5.75 Å². The van der Waals surface area contributed by atoms with Crippen molar-refractivity contribution in [2.45, 2.75) is 13.0 Å². The summed E-state index contributed by atoms with van der Waals surface area (Å²) in [6.07, 6.45) is -2.68. The Kier molecular flexibility index (Phi) is 3.16. The molecular formula is C7H7BrF2N2O. The maximum atomic E-state index is 12.3. The average Bonchev–Trinajstić information content (AvgIpc) is 2.03. The van der Waals surface area contributed by atoms with Crippen LogP contribution in [0.15, 0.2) is 10.5 Å². The molecule has 0 saturated carbocycles. The zero-order valence-corrected chi connectivity index (χ0v) is 8.05. The molecule has 0 atom stereocenters. The Morgan fingerprint density at radius 2 is 2.23 bits per heavy atom. The number of nitrogens with zero attached hydrogens (tertiary/aromatic N) is 1. The Bertz CT molecular complexity index is 320. The molecule has 0 saturated heterocycles. The summed E-state index contributed by atoms with van der Waals surface area (Å²) in [5.41, 5.74) is 4.85. The molecule has 1 aromatic rings. The van der Waals surface area contributed by atoms with E-state index in [0.29, 0.717) is 0 Å². The molecule has 0 unspecified atom stereocenters. The molecule has 0 spiro atoms. The molecule has 3 N–H and O–H groups in total. The van der Waals surface area contributed by atoms with E-state index in [9.17, 15) is 13.9 Å². The highest BCUT2D eigenvalue weighted by Crippen LogP contribution is 2.29. The summed E-state index contributed by atoms with van der Waals surface area (Å²) in [5, 5.41) is 9.18. The molecule has 0 aliphatic rings. The van der Waals surface area contributed by atoms with Gasteiger partial charge in [0.05, 0.1) is 5.69 Å². The van der Waals surface area contributed by atoms with Crippen molar-refractivity contribution >= 4 is 15.9 Å². The van der Waals surface area contributed by atoms with E-state index in [1.54, 1.807) is 0 Å². The molecule has 0 aliphatic heterocycles. The number of aromatic nitrogens is 1. The topological polar surface area (TPSA) is 59.1 Å². The molecular weight excluding hydrogens is 246 g/mol. The standard InChI is InChI=1S/C7H7BrF2N2O/c8-3-1-5(13)4(2-11)12-6(3)7(9)10/h1,7,13H,2,11H2. The number of hydrogen-bond donors (Lipinski definition) is 2. The van der Waals surface area contributed by atoms with Crippen LogP contribution in [-0.4, -0.2) is 10.1 Å². The lowest BCUT2D eigenvalue weighted by Crippen LogP contribution is -2.03. The molecule has 0 amide bonds. The third-order valence-electron chi connectivity index (χ3n) is 1.46. The van der Waals surface area contributed by atoms with Gasteiger partial charge in [0.2, 0.25) is 0 Å². The van der Waals surface area contributed by atoms with Crippen LogP contribution in [0.3, 0.4) is 0 Å². The minimum atomic E-state index is -2.68. The summed E-state index contributed by atoms with van der Waals surface area (Å²) in [6.45, 7) is -0.0706. The molecule has 0 aromatic carbocycles. The maximum Gasteiger partial charge on any atom is 0.281 e. The molecule has 1 aromatic heterocycles. The minimum absolute atomic E-state index is 0.0681. The van der Waals surface area contributed by atoms with Gasteiger partial charge in [0, 0.05) is 11.0 Å². The van der Waals surface area contributed by atoms with Crippen molar-refractivity contribution in [3.63, 3.8) is 0 Å². The van der Waals surface area contributed by atoms with Gasteiger partial charge in [0.1, 0.15) is 11.4 Å². The number of nitrogens with two attached hydrogens (primary N) is 1. The summed E-state index contributed by atoms with van der Waals surface area (Å²) in [7, 11) is 0. The molecule has 3 nitrogen and oxygen atoms in total. The highest BCUT2D eigenvalue weighted by atomic mass is 79.9. The fourth-order valence-corrected chi connectivity index (χ4v) is 1.32. The van der Waals surface area contributed by atoms with Gasteiger partial charge in [-0.3, -0.25) is 0 Å². The summed E-state index contributed by atoms with van der Waals surface area (Å²) in [5.74, 6) is -0.182. The van der Waals surface area contributed by atoms with Gasteiger partial charge in [-0.05, 0) is 22.0 Å². The zero-order valence-electron chi connectivity index (χ0n) is 6.47. The first kappa shape index (κ1) is 10.3. The van der Waals surface area contributed by atoms with Crippen LogP contribution in [-0.2, 0) is 6.54 Å². The molecule has 0 radical (unpaired) electrons. The van der Waals surface area contributed by atoms with E-state index in [1.807, 2.05) is 0 Å². The van der Waals surface area contributed by atoms with E-state index in [-0.39, 0.29) is 22.5 Å². The van der Waals surface area contributed by atoms with Gasteiger partial charge >= 0.3 is 0 Å². The average molecular weight is 253 g/mol. The van der Waals surface area contributed by atoms with Crippen molar-refractivity contribution in [3.8, 4) is 5.75 Å². The van der Waals surface area contributed by atoms with Crippen molar-refractivity contribution in [2.24, 2.45) is 5.73 Å². The number of rotatable bonds is 2. The van der Waals surface area contributed by atoms with Crippen molar-refractivity contribution in [1.82, 2.24) is 4.98 Å². The fourth-order valence-electron chi connectivity index (χ4n) is 0.837. The second-order valence-electron chi connectivity index (χ2n) is 2.33. The van der Waals surface area contributed by atoms with Crippen LogP contribution >= 0.6 is 15.9 Å². The minimum Gasteiger partial charge on any atom is -0.506 e. The van der Waals surface area contributed by atoms with E-state index in [4.69, 9.17) is 5.73 Å². The van der Waals surface area contributed by atoms with Gasteiger partial charge in [-0.15, -0.1) is 0 Å².